The van der Waals surface area contributed by atoms with Gasteiger partial charge in [-0.1, -0.05) is 24.3 Å². The van der Waals surface area contributed by atoms with Gasteiger partial charge in [0.15, 0.2) is 5.69 Å². The van der Waals surface area contributed by atoms with Crippen LogP contribution in [0, 0.1) is 0 Å². The molecule has 1 aromatic heterocycles. The maximum Gasteiger partial charge on any atom is 0.433 e. The van der Waals surface area contributed by atoms with E-state index in [0.717, 1.165) is 16.4 Å². The summed E-state index contributed by atoms with van der Waals surface area (Å²) in [4.78, 5) is 24.3. The largest absolute Gasteiger partial charge is 0.465 e. The van der Waals surface area contributed by atoms with Gasteiger partial charge in [0, 0.05) is 13.1 Å². The highest BCUT2D eigenvalue weighted by atomic mass is 19.4. The highest BCUT2D eigenvalue weighted by molar-refractivity contribution is 5.90. The molecule has 0 bridgehead atoms. The number of halogens is 3. The highest BCUT2D eigenvalue weighted by Crippen LogP contribution is 2.33. The normalized spacial score (nSPS) is 15.3. The van der Waals surface area contributed by atoms with Gasteiger partial charge in [0.25, 0.3) is 0 Å². The van der Waals surface area contributed by atoms with Crippen molar-refractivity contribution >= 4 is 12.1 Å². The Morgan fingerprint density at radius 1 is 1.27 bits per heavy atom. The Kier molecular flexibility index (Phi) is 6.33. The van der Waals surface area contributed by atoms with Crippen LogP contribution < -0.4 is 0 Å². The number of likely N-dealkylation sites (tertiary alicyclic amines) is 1. The van der Waals surface area contributed by atoms with Crippen molar-refractivity contribution in [3.05, 3.63) is 52.8 Å². The van der Waals surface area contributed by atoms with Crippen molar-refractivity contribution in [1.82, 2.24) is 14.7 Å². The predicted molar refractivity (Wildman–Crippen MR) is 100 cm³/mol. The maximum absolute atomic E-state index is 13.6. The van der Waals surface area contributed by atoms with E-state index in [0.29, 0.717) is 31.5 Å². The Morgan fingerprint density at radius 2 is 1.97 bits per heavy atom. The molecule has 7 nitrogen and oxygen atoms in total. The highest BCUT2D eigenvalue weighted by Gasteiger charge is 2.40. The van der Waals surface area contributed by atoms with E-state index >= 15 is 0 Å². The van der Waals surface area contributed by atoms with Gasteiger partial charge in [0.1, 0.15) is 5.56 Å². The van der Waals surface area contributed by atoms with Crippen LogP contribution in [-0.2, 0) is 17.5 Å². The number of piperidine rings is 1. The van der Waals surface area contributed by atoms with E-state index < -0.39 is 29.5 Å². The van der Waals surface area contributed by atoms with Crippen LogP contribution in [0.1, 0.15) is 52.9 Å². The first-order valence-electron chi connectivity index (χ1n) is 9.57. The second-order valence-electron chi connectivity index (χ2n) is 7.07. The van der Waals surface area contributed by atoms with Gasteiger partial charge in [0.2, 0.25) is 0 Å². The van der Waals surface area contributed by atoms with E-state index in [2.05, 4.69) is 5.10 Å². The molecule has 0 atom stereocenters. The van der Waals surface area contributed by atoms with Crippen molar-refractivity contribution in [1.29, 1.82) is 0 Å². The van der Waals surface area contributed by atoms with E-state index in [1.54, 1.807) is 12.1 Å². The lowest BCUT2D eigenvalue weighted by atomic mass is 9.89. The third-order valence-corrected chi connectivity index (χ3v) is 5.12. The zero-order valence-corrected chi connectivity index (χ0v) is 16.4. The van der Waals surface area contributed by atoms with E-state index in [9.17, 15) is 22.8 Å². The minimum absolute atomic E-state index is 0.0376. The first kappa shape index (κ1) is 21.7. The van der Waals surface area contributed by atoms with Crippen molar-refractivity contribution < 1.29 is 32.6 Å². The molecule has 2 heterocycles. The number of esters is 1. The molecule has 1 aliphatic heterocycles. The average molecular weight is 425 g/mol. The van der Waals surface area contributed by atoms with Gasteiger partial charge in [-0.3, -0.25) is 4.68 Å². The predicted octanol–water partition coefficient (Wildman–Crippen LogP) is 3.98. The number of hydrogen-bond donors (Lipinski definition) is 1. The Balaban J connectivity index is 1.81. The number of hydrogen-bond acceptors (Lipinski definition) is 4. The van der Waals surface area contributed by atoms with Crippen LogP contribution in [0.4, 0.5) is 18.0 Å². The molecule has 0 saturated carbocycles. The Hall–Kier alpha value is -3.04. The van der Waals surface area contributed by atoms with Crippen molar-refractivity contribution in [3.63, 3.8) is 0 Å². The van der Waals surface area contributed by atoms with Crippen LogP contribution in [0.3, 0.4) is 0 Å². The molecular formula is C20H22F3N3O4. The minimum atomic E-state index is -4.76. The van der Waals surface area contributed by atoms with Crippen LogP contribution in [0.2, 0.25) is 0 Å². The Morgan fingerprint density at radius 3 is 2.57 bits per heavy atom. The molecule has 10 heteroatoms. The summed E-state index contributed by atoms with van der Waals surface area (Å²) in [7, 11) is 0. The molecule has 1 aliphatic rings. The van der Waals surface area contributed by atoms with Crippen molar-refractivity contribution in [2.24, 2.45) is 0 Å². The molecule has 1 aromatic carbocycles. The van der Waals surface area contributed by atoms with Crippen LogP contribution >= 0.6 is 0 Å². The first-order valence-corrected chi connectivity index (χ1v) is 9.57. The molecule has 1 N–H and O–H groups in total. The van der Waals surface area contributed by atoms with E-state index in [1.165, 1.54) is 11.8 Å². The molecule has 3 rings (SSSR count). The zero-order chi connectivity index (χ0) is 21.9. The van der Waals surface area contributed by atoms with Crippen LogP contribution in [0.25, 0.3) is 0 Å². The molecule has 162 valence electrons. The van der Waals surface area contributed by atoms with Gasteiger partial charge in [-0.15, -0.1) is 0 Å². The number of carbonyl (C=O) groups is 2. The molecule has 30 heavy (non-hydrogen) atoms. The molecular weight excluding hydrogens is 403 g/mol. The van der Waals surface area contributed by atoms with Crippen molar-refractivity contribution in [2.45, 2.75) is 38.4 Å². The fraction of sp³-hybridized carbons (Fsp3) is 0.450. The summed E-state index contributed by atoms with van der Waals surface area (Å²) in [5.74, 6) is -0.926. The number of aromatic nitrogens is 2. The molecule has 1 amide bonds. The summed E-state index contributed by atoms with van der Waals surface area (Å²) in [5, 5.41) is 12.8. The number of amides is 1. The molecule has 1 saturated heterocycles. The van der Waals surface area contributed by atoms with E-state index in [1.807, 2.05) is 12.1 Å². The summed E-state index contributed by atoms with van der Waals surface area (Å²) < 4.78 is 46.3. The number of carboxylic acid groups (broad SMARTS) is 1. The zero-order valence-electron chi connectivity index (χ0n) is 16.4. The van der Waals surface area contributed by atoms with Crippen molar-refractivity contribution in [2.75, 3.05) is 19.7 Å². The molecule has 0 spiro atoms. The number of ether oxygens (including phenoxy) is 1. The van der Waals surface area contributed by atoms with Crippen LogP contribution in [0.15, 0.2) is 30.5 Å². The van der Waals surface area contributed by atoms with Crippen LogP contribution in [-0.4, -0.2) is 51.5 Å². The fourth-order valence-corrected chi connectivity index (χ4v) is 3.68. The van der Waals surface area contributed by atoms with Gasteiger partial charge in [-0.25, -0.2) is 9.59 Å². The summed E-state index contributed by atoms with van der Waals surface area (Å²) in [5.41, 5.74) is -0.191. The van der Waals surface area contributed by atoms with Gasteiger partial charge in [0.05, 0.1) is 19.3 Å². The summed E-state index contributed by atoms with van der Waals surface area (Å²) in [6, 6.07) is 7.16. The van der Waals surface area contributed by atoms with Gasteiger partial charge < -0.3 is 14.7 Å². The summed E-state index contributed by atoms with van der Waals surface area (Å²) >= 11 is 0. The lowest BCUT2D eigenvalue weighted by Crippen LogP contribution is -2.36. The van der Waals surface area contributed by atoms with Gasteiger partial charge >= 0.3 is 18.2 Å². The lowest BCUT2D eigenvalue weighted by Gasteiger charge is -2.30. The smallest absolute Gasteiger partial charge is 0.433 e. The first-order chi connectivity index (χ1) is 14.2. The number of nitrogens with zero attached hydrogens (tertiary/aromatic N) is 3. The SMILES string of the molecule is CCOC(=O)c1cnn(Cc2cccc(C3CCN(C(=O)O)CC3)c2)c1C(F)(F)F. The third kappa shape index (κ3) is 4.74. The monoisotopic (exact) mass is 425 g/mol. The van der Waals surface area contributed by atoms with E-state index in [-0.39, 0.29) is 19.1 Å². The van der Waals surface area contributed by atoms with E-state index in [4.69, 9.17) is 9.84 Å². The standard InChI is InChI=1S/C20H22F3N3O4/c1-2-30-18(27)16-11-24-26(17(16)20(21,22)23)12-13-4-3-5-15(10-13)14-6-8-25(9-7-14)19(28)29/h3-5,10-11,14H,2,6-9,12H2,1H3,(H,28,29). The number of carbonyl (C=O) groups excluding carboxylic acids is 1. The Labute approximate surface area is 171 Å². The lowest BCUT2D eigenvalue weighted by molar-refractivity contribution is -0.144. The fourth-order valence-electron chi connectivity index (χ4n) is 3.68. The Bertz CT molecular complexity index is 918. The van der Waals surface area contributed by atoms with Gasteiger partial charge in [-0.05, 0) is 36.8 Å². The maximum atomic E-state index is 13.6. The number of benzene rings is 1. The number of rotatable bonds is 5. The molecule has 0 unspecified atom stereocenters. The van der Waals surface area contributed by atoms with Gasteiger partial charge in [-0.2, -0.15) is 18.3 Å². The number of alkyl halides is 3. The molecule has 1 fully saturated rings. The summed E-state index contributed by atoms with van der Waals surface area (Å²) in [6.45, 7) is 2.16. The molecule has 0 aliphatic carbocycles. The van der Waals surface area contributed by atoms with Crippen molar-refractivity contribution in [3.8, 4) is 0 Å². The topological polar surface area (TPSA) is 84.7 Å². The second-order valence-corrected chi connectivity index (χ2v) is 7.07. The molecule has 0 radical (unpaired) electrons. The third-order valence-electron chi connectivity index (χ3n) is 5.12. The molecule has 2 aromatic rings. The quantitative estimate of drug-likeness (QED) is 0.733. The summed E-state index contributed by atoms with van der Waals surface area (Å²) in [6.07, 6.45) is -3.53. The van der Waals surface area contributed by atoms with Crippen LogP contribution in [0.5, 0.6) is 0 Å². The average Bonchev–Trinajstić information content (AvgIpc) is 3.12. The minimum Gasteiger partial charge on any atom is -0.465 e. The second kappa shape index (κ2) is 8.76.